The van der Waals surface area contributed by atoms with E-state index in [9.17, 15) is 14.4 Å². The molecule has 25 heavy (non-hydrogen) atoms. The van der Waals surface area contributed by atoms with Gasteiger partial charge in [0.05, 0.1) is 6.20 Å². The number of rotatable bonds is 8. The van der Waals surface area contributed by atoms with Crippen LogP contribution in [0.15, 0.2) is 18.6 Å². The van der Waals surface area contributed by atoms with Crippen LogP contribution < -0.4 is 16.0 Å². The third kappa shape index (κ3) is 9.90. The maximum Gasteiger partial charge on any atom is 0.407 e. The molecule has 0 atom stereocenters. The maximum absolute atomic E-state index is 11.7. The minimum absolute atomic E-state index is 0.158. The molecule has 0 fully saturated rings. The Labute approximate surface area is 146 Å². The van der Waals surface area contributed by atoms with Gasteiger partial charge in [-0.1, -0.05) is 0 Å². The second-order valence-corrected chi connectivity index (χ2v) is 6.23. The Morgan fingerprint density at radius 3 is 2.40 bits per heavy atom. The van der Waals surface area contributed by atoms with Gasteiger partial charge in [0.15, 0.2) is 0 Å². The number of aromatic nitrogens is 2. The summed E-state index contributed by atoms with van der Waals surface area (Å²) < 4.78 is 5.06. The van der Waals surface area contributed by atoms with Crippen LogP contribution in [0.3, 0.4) is 0 Å². The Morgan fingerprint density at radius 2 is 1.76 bits per heavy atom. The summed E-state index contributed by atoms with van der Waals surface area (Å²) in [5.74, 6) is -0.489. The van der Waals surface area contributed by atoms with E-state index in [0.717, 1.165) is 0 Å². The first-order valence-corrected chi connectivity index (χ1v) is 8.06. The van der Waals surface area contributed by atoms with Crippen molar-refractivity contribution in [1.82, 2.24) is 25.9 Å². The Bertz CT molecular complexity index is 572. The van der Waals surface area contributed by atoms with E-state index in [1.54, 1.807) is 20.8 Å². The third-order valence-corrected chi connectivity index (χ3v) is 2.78. The lowest BCUT2D eigenvalue weighted by molar-refractivity contribution is -0.120. The van der Waals surface area contributed by atoms with E-state index >= 15 is 0 Å². The predicted molar refractivity (Wildman–Crippen MR) is 90.8 cm³/mol. The standard InChI is InChI=1S/C16H25N5O4/c1-16(2,3)25-15(24)21-8-5-13(22)19-6-4-7-20-14(23)12-11-17-9-10-18-12/h9-11H,4-8H2,1-3H3,(H,19,22)(H,20,23)(H,21,24). The molecule has 1 heterocycles. The Hall–Kier alpha value is -2.71. The van der Waals surface area contributed by atoms with Gasteiger partial charge in [-0.3, -0.25) is 14.6 Å². The van der Waals surface area contributed by atoms with Crippen molar-refractivity contribution in [3.05, 3.63) is 24.3 Å². The van der Waals surface area contributed by atoms with E-state index in [4.69, 9.17) is 4.74 Å². The second-order valence-electron chi connectivity index (χ2n) is 6.23. The summed E-state index contributed by atoms with van der Waals surface area (Å²) in [4.78, 5) is 42.4. The van der Waals surface area contributed by atoms with Gasteiger partial charge in [0.25, 0.3) is 5.91 Å². The number of carbonyl (C=O) groups excluding carboxylic acids is 3. The number of hydrogen-bond acceptors (Lipinski definition) is 6. The van der Waals surface area contributed by atoms with Gasteiger partial charge in [-0.2, -0.15) is 0 Å². The lowest BCUT2D eigenvalue weighted by Crippen LogP contribution is -2.35. The molecule has 1 aromatic rings. The zero-order valence-electron chi connectivity index (χ0n) is 14.8. The highest BCUT2D eigenvalue weighted by atomic mass is 16.6. The van der Waals surface area contributed by atoms with E-state index in [0.29, 0.717) is 19.5 Å². The highest BCUT2D eigenvalue weighted by molar-refractivity contribution is 5.91. The lowest BCUT2D eigenvalue weighted by Gasteiger charge is -2.19. The molecule has 0 aliphatic rings. The van der Waals surface area contributed by atoms with Crippen LogP contribution in [0, 0.1) is 0 Å². The number of ether oxygens (including phenoxy) is 1. The molecule has 0 saturated heterocycles. The summed E-state index contributed by atoms with van der Waals surface area (Å²) in [5, 5.41) is 7.91. The number of alkyl carbamates (subject to hydrolysis) is 1. The van der Waals surface area contributed by atoms with Crippen LogP contribution in [0.4, 0.5) is 4.79 Å². The highest BCUT2D eigenvalue weighted by Gasteiger charge is 2.15. The van der Waals surface area contributed by atoms with Crippen molar-refractivity contribution in [1.29, 1.82) is 0 Å². The molecule has 0 saturated carbocycles. The van der Waals surface area contributed by atoms with Gasteiger partial charge in [0.2, 0.25) is 5.91 Å². The average molecular weight is 351 g/mol. The van der Waals surface area contributed by atoms with Crippen molar-refractivity contribution < 1.29 is 19.1 Å². The number of nitrogens with zero attached hydrogens (tertiary/aromatic N) is 2. The highest BCUT2D eigenvalue weighted by Crippen LogP contribution is 2.06. The number of hydrogen-bond donors (Lipinski definition) is 3. The summed E-state index contributed by atoms with van der Waals surface area (Å²) in [6.45, 7) is 6.33. The fourth-order valence-corrected chi connectivity index (χ4v) is 1.71. The molecule has 0 aliphatic carbocycles. The Morgan fingerprint density at radius 1 is 1.04 bits per heavy atom. The molecule has 0 bridgehead atoms. The van der Waals surface area contributed by atoms with Gasteiger partial charge >= 0.3 is 6.09 Å². The molecule has 0 spiro atoms. The molecule has 1 aromatic heterocycles. The molecule has 1 rings (SSSR count). The van der Waals surface area contributed by atoms with Crippen LogP contribution in [0.25, 0.3) is 0 Å². The topological polar surface area (TPSA) is 122 Å². The molecule has 0 aromatic carbocycles. The smallest absolute Gasteiger partial charge is 0.407 e. The minimum atomic E-state index is -0.567. The monoisotopic (exact) mass is 351 g/mol. The van der Waals surface area contributed by atoms with Gasteiger partial charge < -0.3 is 20.7 Å². The first-order chi connectivity index (χ1) is 11.8. The average Bonchev–Trinajstić information content (AvgIpc) is 2.53. The number of amides is 3. The summed E-state index contributed by atoms with van der Waals surface area (Å²) in [7, 11) is 0. The zero-order valence-corrected chi connectivity index (χ0v) is 14.8. The predicted octanol–water partition coefficient (Wildman–Crippen LogP) is 0.628. The first kappa shape index (κ1) is 20.3. The van der Waals surface area contributed by atoms with E-state index in [1.807, 2.05) is 0 Å². The van der Waals surface area contributed by atoms with Crippen LogP contribution in [-0.4, -0.2) is 53.1 Å². The Kier molecular flexibility index (Phi) is 8.31. The third-order valence-electron chi connectivity index (χ3n) is 2.78. The van der Waals surface area contributed by atoms with Crippen molar-refractivity contribution in [3.63, 3.8) is 0 Å². The van der Waals surface area contributed by atoms with Crippen molar-refractivity contribution in [2.75, 3.05) is 19.6 Å². The summed E-state index contributed by atoms with van der Waals surface area (Å²) in [6.07, 6.45) is 4.51. The molecule has 9 heteroatoms. The molecule has 3 N–H and O–H groups in total. The molecular formula is C16H25N5O4. The molecule has 0 radical (unpaired) electrons. The summed E-state index contributed by atoms with van der Waals surface area (Å²) in [5.41, 5.74) is -0.318. The first-order valence-electron chi connectivity index (χ1n) is 8.06. The van der Waals surface area contributed by atoms with Gasteiger partial charge in [0, 0.05) is 38.4 Å². The number of nitrogens with one attached hydrogen (secondary N) is 3. The number of carbonyl (C=O) groups is 3. The van der Waals surface area contributed by atoms with E-state index < -0.39 is 11.7 Å². The summed E-state index contributed by atoms with van der Waals surface area (Å²) in [6, 6.07) is 0. The van der Waals surface area contributed by atoms with Gasteiger partial charge in [0.1, 0.15) is 11.3 Å². The maximum atomic E-state index is 11.7. The molecule has 0 unspecified atom stereocenters. The largest absolute Gasteiger partial charge is 0.444 e. The molecule has 138 valence electrons. The van der Waals surface area contributed by atoms with Crippen molar-refractivity contribution in [2.24, 2.45) is 0 Å². The zero-order chi connectivity index (χ0) is 18.7. The van der Waals surface area contributed by atoms with Crippen molar-refractivity contribution in [2.45, 2.75) is 39.2 Å². The SMILES string of the molecule is CC(C)(C)OC(=O)NCCC(=O)NCCCNC(=O)c1cnccn1. The van der Waals surface area contributed by atoms with E-state index in [2.05, 4.69) is 25.9 Å². The van der Waals surface area contributed by atoms with Gasteiger partial charge in [-0.05, 0) is 27.2 Å². The van der Waals surface area contributed by atoms with Crippen molar-refractivity contribution in [3.8, 4) is 0 Å². The van der Waals surface area contributed by atoms with E-state index in [1.165, 1.54) is 18.6 Å². The van der Waals surface area contributed by atoms with Crippen molar-refractivity contribution >= 4 is 17.9 Å². The Balaban J connectivity index is 2.05. The van der Waals surface area contributed by atoms with Crippen LogP contribution in [0.2, 0.25) is 0 Å². The van der Waals surface area contributed by atoms with Crippen LogP contribution in [0.5, 0.6) is 0 Å². The second kappa shape index (κ2) is 10.2. The fraction of sp³-hybridized carbons (Fsp3) is 0.562. The molecular weight excluding hydrogens is 326 g/mol. The fourth-order valence-electron chi connectivity index (χ4n) is 1.71. The van der Waals surface area contributed by atoms with Gasteiger partial charge in [-0.15, -0.1) is 0 Å². The van der Waals surface area contributed by atoms with Crippen LogP contribution in [0.1, 0.15) is 44.1 Å². The molecule has 3 amide bonds. The van der Waals surface area contributed by atoms with Gasteiger partial charge in [-0.25, -0.2) is 9.78 Å². The normalized spacial score (nSPS) is 10.7. The molecule has 9 nitrogen and oxygen atoms in total. The quantitative estimate of drug-likeness (QED) is 0.590. The summed E-state index contributed by atoms with van der Waals surface area (Å²) >= 11 is 0. The van der Waals surface area contributed by atoms with Crippen LogP contribution >= 0.6 is 0 Å². The molecule has 0 aliphatic heterocycles. The minimum Gasteiger partial charge on any atom is -0.444 e. The van der Waals surface area contributed by atoms with E-state index in [-0.39, 0.29) is 30.5 Å². The lowest BCUT2D eigenvalue weighted by atomic mass is 10.2. The van der Waals surface area contributed by atoms with Crippen LogP contribution in [-0.2, 0) is 9.53 Å².